The molecular formula is C11H18N2O3S. The Hall–Kier alpha value is -1.04. The van der Waals surface area contributed by atoms with Crippen molar-refractivity contribution in [1.82, 2.24) is 10.2 Å². The largest absolute Gasteiger partial charge is 0.481 e. The summed E-state index contributed by atoms with van der Waals surface area (Å²) in [6, 6.07) is 0. The van der Waals surface area contributed by atoms with Gasteiger partial charge in [-0.05, 0) is 11.7 Å². The minimum atomic E-state index is -0.808. The van der Waals surface area contributed by atoms with Gasteiger partial charge in [0.15, 0.2) is 0 Å². The summed E-state index contributed by atoms with van der Waals surface area (Å²) < 4.78 is 5.47. The minimum Gasteiger partial charge on any atom is -0.481 e. The summed E-state index contributed by atoms with van der Waals surface area (Å²) in [5.41, 5.74) is -0.366. The van der Waals surface area contributed by atoms with Gasteiger partial charge in [0.1, 0.15) is 0 Å². The van der Waals surface area contributed by atoms with E-state index in [0.29, 0.717) is 18.2 Å². The highest BCUT2D eigenvalue weighted by Gasteiger charge is 2.25. The van der Waals surface area contributed by atoms with E-state index in [-0.39, 0.29) is 11.8 Å². The molecule has 0 atom stereocenters. The minimum absolute atomic E-state index is 0.0928. The first-order chi connectivity index (χ1) is 7.93. The first kappa shape index (κ1) is 14.0. The van der Waals surface area contributed by atoms with Crippen LogP contribution in [-0.2, 0) is 17.6 Å². The van der Waals surface area contributed by atoms with Crippen molar-refractivity contribution < 1.29 is 14.3 Å². The third-order valence-corrected chi connectivity index (χ3v) is 2.90. The van der Waals surface area contributed by atoms with Crippen LogP contribution in [0.3, 0.4) is 0 Å². The van der Waals surface area contributed by atoms with E-state index in [1.54, 1.807) is 11.8 Å². The van der Waals surface area contributed by atoms with Gasteiger partial charge in [-0.15, -0.1) is 10.2 Å². The van der Waals surface area contributed by atoms with Crippen LogP contribution in [0.2, 0.25) is 0 Å². The Morgan fingerprint density at radius 3 is 2.65 bits per heavy atom. The molecule has 0 radical (unpaired) electrons. The van der Waals surface area contributed by atoms with E-state index in [0.717, 1.165) is 12.2 Å². The first-order valence-electron chi connectivity index (χ1n) is 5.45. The summed E-state index contributed by atoms with van der Waals surface area (Å²) in [4.78, 5) is 10.7. The van der Waals surface area contributed by atoms with Crippen molar-refractivity contribution >= 4 is 17.7 Å². The number of aliphatic carboxylic acids is 1. The molecule has 5 nitrogen and oxygen atoms in total. The first-order valence-corrected chi connectivity index (χ1v) is 6.84. The predicted octanol–water partition coefficient (Wildman–Crippen LogP) is 2.02. The van der Waals surface area contributed by atoms with Gasteiger partial charge in [-0.25, -0.2) is 0 Å². The zero-order valence-corrected chi connectivity index (χ0v) is 11.2. The molecule has 0 amide bonds. The molecule has 0 unspecified atom stereocenters. The molecule has 1 rings (SSSR count). The maximum Gasteiger partial charge on any atom is 0.303 e. The Kier molecular flexibility index (Phi) is 4.99. The second-order valence-electron chi connectivity index (χ2n) is 4.74. The second-order valence-corrected chi connectivity index (χ2v) is 5.73. The van der Waals surface area contributed by atoms with Crippen molar-refractivity contribution in [3.63, 3.8) is 0 Å². The van der Waals surface area contributed by atoms with Crippen LogP contribution in [0.1, 0.15) is 32.0 Å². The number of carboxylic acids is 1. The van der Waals surface area contributed by atoms with E-state index < -0.39 is 5.97 Å². The van der Waals surface area contributed by atoms with Crippen LogP contribution < -0.4 is 0 Å². The summed E-state index contributed by atoms with van der Waals surface area (Å²) in [5.74, 6) is 1.28. The summed E-state index contributed by atoms with van der Waals surface area (Å²) in [6.07, 6.45) is 3.36. The number of rotatable bonds is 7. The molecule has 1 aromatic heterocycles. The van der Waals surface area contributed by atoms with Gasteiger partial charge in [0, 0.05) is 18.6 Å². The fourth-order valence-corrected chi connectivity index (χ4v) is 1.91. The maximum atomic E-state index is 10.7. The highest BCUT2D eigenvalue weighted by atomic mass is 32.2. The number of aromatic nitrogens is 2. The van der Waals surface area contributed by atoms with Gasteiger partial charge in [-0.1, -0.05) is 13.8 Å². The quantitative estimate of drug-likeness (QED) is 0.806. The van der Waals surface area contributed by atoms with E-state index in [2.05, 4.69) is 10.2 Å². The molecule has 0 bridgehead atoms. The highest BCUT2D eigenvalue weighted by molar-refractivity contribution is 7.98. The Morgan fingerprint density at radius 1 is 1.41 bits per heavy atom. The Balaban J connectivity index is 2.56. The van der Waals surface area contributed by atoms with Crippen molar-refractivity contribution in [3.8, 4) is 0 Å². The molecule has 1 aromatic rings. The number of aryl methyl sites for hydroxylation is 1. The molecule has 0 aliphatic carbocycles. The van der Waals surface area contributed by atoms with E-state index in [9.17, 15) is 4.79 Å². The van der Waals surface area contributed by atoms with Crippen LogP contribution in [0.5, 0.6) is 0 Å². The standard InChI is InChI=1S/C11H18N2O3S/c1-11(2,7-10(14)15)6-9-13-12-8(16-9)4-5-17-3/h4-7H2,1-3H3,(H,14,15). The monoisotopic (exact) mass is 258 g/mol. The van der Waals surface area contributed by atoms with Crippen LogP contribution in [0, 0.1) is 5.41 Å². The zero-order chi connectivity index (χ0) is 12.9. The van der Waals surface area contributed by atoms with Crippen molar-refractivity contribution in [2.75, 3.05) is 12.0 Å². The van der Waals surface area contributed by atoms with E-state index in [1.807, 2.05) is 20.1 Å². The molecule has 0 aliphatic heterocycles. The highest BCUT2D eigenvalue weighted by Crippen LogP contribution is 2.25. The lowest BCUT2D eigenvalue weighted by Gasteiger charge is -2.19. The normalized spacial score (nSPS) is 11.7. The third kappa shape index (κ3) is 5.21. The molecule has 0 aliphatic rings. The number of hydrogen-bond acceptors (Lipinski definition) is 5. The Morgan fingerprint density at radius 2 is 2.06 bits per heavy atom. The number of hydrogen-bond donors (Lipinski definition) is 1. The third-order valence-electron chi connectivity index (χ3n) is 2.29. The summed E-state index contributed by atoms with van der Waals surface area (Å²) >= 11 is 1.72. The molecule has 1 heterocycles. The van der Waals surface area contributed by atoms with Crippen LogP contribution in [0.4, 0.5) is 0 Å². The van der Waals surface area contributed by atoms with E-state index >= 15 is 0 Å². The molecule has 0 saturated heterocycles. The van der Waals surface area contributed by atoms with Gasteiger partial charge in [0.25, 0.3) is 0 Å². The van der Waals surface area contributed by atoms with Crippen molar-refractivity contribution in [1.29, 1.82) is 0 Å². The average Bonchev–Trinajstić information content (AvgIpc) is 2.59. The summed E-state index contributed by atoms with van der Waals surface area (Å²) in [5, 5.41) is 16.7. The fourth-order valence-electron chi connectivity index (χ4n) is 1.53. The second kappa shape index (κ2) is 6.05. The fraction of sp³-hybridized carbons (Fsp3) is 0.727. The maximum absolute atomic E-state index is 10.7. The molecule has 17 heavy (non-hydrogen) atoms. The summed E-state index contributed by atoms with van der Waals surface area (Å²) in [6.45, 7) is 3.76. The number of nitrogens with zero attached hydrogens (tertiary/aromatic N) is 2. The molecule has 1 N–H and O–H groups in total. The number of thioether (sulfide) groups is 1. The molecule has 0 fully saturated rings. The van der Waals surface area contributed by atoms with E-state index in [4.69, 9.17) is 9.52 Å². The SMILES string of the molecule is CSCCc1nnc(CC(C)(C)CC(=O)O)o1. The summed E-state index contributed by atoms with van der Waals surface area (Å²) in [7, 11) is 0. The van der Waals surface area contributed by atoms with E-state index in [1.165, 1.54) is 0 Å². The molecule has 0 aromatic carbocycles. The zero-order valence-electron chi connectivity index (χ0n) is 10.4. The van der Waals surface area contributed by atoms with Crippen LogP contribution in [-0.4, -0.2) is 33.3 Å². The predicted molar refractivity (Wildman–Crippen MR) is 66.1 cm³/mol. The van der Waals surface area contributed by atoms with Gasteiger partial charge < -0.3 is 9.52 Å². The van der Waals surface area contributed by atoms with Gasteiger partial charge in [0.2, 0.25) is 11.8 Å². The lowest BCUT2D eigenvalue weighted by molar-refractivity contribution is -0.139. The van der Waals surface area contributed by atoms with Gasteiger partial charge >= 0.3 is 5.97 Å². The molecule has 96 valence electrons. The van der Waals surface area contributed by atoms with Crippen LogP contribution in [0.25, 0.3) is 0 Å². The van der Waals surface area contributed by atoms with Crippen molar-refractivity contribution in [3.05, 3.63) is 11.8 Å². The molecule has 0 spiro atoms. The van der Waals surface area contributed by atoms with Crippen molar-refractivity contribution in [2.45, 2.75) is 33.1 Å². The Labute approximate surface area is 105 Å². The molecule has 0 saturated carbocycles. The van der Waals surface area contributed by atoms with Crippen LogP contribution >= 0.6 is 11.8 Å². The van der Waals surface area contributed by atoms with Gasteiger partial charge in [0.05, 0.1) is 6.42 Å². The Bertz CT molecular complexity index is 377. The smallest absolute Gasteiger partial charge is 0.303 e. The van der Waals surface area contributed by atoms with Crippen LogP contribution in [0.15, 0.2) is 4.42 Å². The number of carboxylic acid groups (broad SMARTS) is 1. The van der Waals surface area contributed by atoms with Gasteiger partial charge in [-0.3, -0.25) is 4.79 Å². The van der Waals surface area contributed by atoms with Crippen molar-refractivity contribution in [2.24, 2.45) is 5.41 Å². The lowest BCUT2D eigenvalue weighted by atomic mass is 9.86. The topological polar surface area (TPSA) is 76.2 Å². The van der Waals surface area contributed by atoms with Gasteiger partial charge in [-0.2, -0.15) is 11.8 Å². The number of carbonyl (C=O) groups is 1. The average molecular weight is 258 g/mol. The molecule has 6 heteroatoms. The lowest BCUT2D eigenvalue weighted by Crippen LogP contribution is -2.19. The molecular weight excluding hydrogens is 240 g/mol.